The smallest absolute Gasteiger partial charge is 0.316 e. The number of rotatable bonds is 8. The number of hydrogen-bond acceptors (Lipinski definition) is 9. The minimum atomic E-state index is -1.07. The summed E-state index contributed by atoms with van der Waals surface area (Å²) in [6.45, 7) is -0.104. The Balaban J connectivity index is 1.70. The van der Waals surface area contributed by atoms with E-state index in [4.69, 9.17) is 16.2 Å². The number of nitrogens with one attached hydrogen (secondary N) is 1. The van der Waals surface area contributed by atoms with Gasteiger partial charge in [0, 0.05) is 29.7 Å². The number of carbonyl (C=O) groups excluding carboxylic acids is 2. The Morgan fingerprint density at radius 3 is 2.24 bits per heavy atom. The van der Waals surface area contributed by atoms with Crippen LogP contribution in [0, 0.1) is 5.82 Å². The predicted octanol–water partition coefficient (Wildman–Crippen LogP) is 3.40. The third kappa shape index (κ3) is 6.34. The summed E-state index contributed by atoms with van der Waals surface area (Å²) in [6, 6.07) is 11.3. The van der Waals surface area contributed by atoms with Crippen molar-refractivity contribution in [1.82, 2.24) is 4.90 Å². The lowest BCUT2D eigenvalue weighted by molar-refractivity contribution is -0.127. The average Bonchev–Trinajstić information content (AvgIpc) is 3.31. The van der Waals surface area contributed by atoms with Gasteiger partial charge in [0.25, 0.3) is 5.91 Å². The molecule has 1 heterocycles. The molecule has 1 aliphatic rings. The molecule has 214 valence electrons. The molecule has 1 fully saturated rings. The van der Waals surface area contributed by atoms with Crippen molar-refractivity contribution in [3.63, 3.8) is 0 Å². The first kappa shape index (κ1) is 29.2. The number of hydrogen-bond donors (Lipinski definition) is 7. The first-order valence-corrected chi connectivity index (χ1v) is 12.8. The molecule has 1 atom stereocenters. The van der Waals surface area contributed by atoms with E-state index in [1.165, 1.54) is 29.2 Å². The van der Waals surface area contributed by atoms with Crippen LogP contribution in [0.2, 0.25) is 0 Å². The summed E-state index contributed by atoms with van der Waals surface area (Å²) in [6.07, 6.45) is 0.425. The number of carbonyl (C=O) groups is 2. The van der Waals surface area contributed by atoms with E-state index >= 15 is 0 Å². The van der Waals surface area contributed by atoms with Crippen LogP contribution in [0.3, 0.4) is 0 Å². The highest BCUT2D eigenvalue weighted by Crippen LogP contribution is 2.53. The van der Waals surface area contributed by atoms with Crippen molar-refractivity contribution in [2.75, 3.05) is 18.5 Å². The van der Waals surface area contributed by atoms with Crippen LogP contribution in [0.4, 0.5) is 20.6 Å². The summed E-state index contributed by atoms with van der Waals surface area (Å²) < 4.78 is 19.0. The van der Waals surface area contributed by atoms with E-state index in [1.54, 1.807) is 24.3 Å². The number of amides is 3. The molecule has 0 spiro atoms. The van der Waals surface area contributed by atoms with Crippen LogP contribution in [0.5, 0.6) is 23.0 Å². The lowest BCUT2D eigenvalue weighted by atomic mass is 10.0. The monoisotopic (exact) mass is 629 g/mol. The van der Waals surface area contributed by atoms with Gasteiger partial charge in [-0.05, 0) is 69.9 Å². The second-order valence-corrected chi connectivity index (χ2v) is 9.67. The molecule has 0 aliphatic carbocycles. The molecule has 1 unspecified atom stereocenters. The van der Waals surface area contributed by atoms with Gasteiger partial charge in [0.1, 0.15) is 16.9 Å². The first-order valence-electron chi connectivity index (χ1n) is 12.0. The Kier molecular flexibility index (Phi) is 8.64. The first-order chi connectivity index (χ1) is 19.5. The highest BCUT2D eigenvalue weighted by atomic mass is 79.9. The van der Waals surface area contributed by atoms with Gasteiger partial charge in [-0.3, -0.25) is 4.79 Å². The molecular weight excluding hydrogens is 605 g/mol. The molecular formula is C27H25BrFN5O7. The fourth-order valence-corrected chi connectivity index (χ4v) is 4.45. The summed E-state index contributed by atoms with van der Waals surface area (Å²) in [7, 11) is 0. The normalized spacial score (nSPS) is 15.8. The van der Waals surface area contributed by atoms with Gasteiger partial charge in [-0.25, -0.2) is 14.2 Å². The lowest BCUT2D eigenvalue weighted by Gasteiger charge is -2.25. The summed E-state index contributed by atoms with van der Waals surface area (Å²) in [5, 5.41) is 43.3. The SMILES string of the molecule is NC(=O)Nc1ccc(CCN2C(=O)COC2C(C=Nc2c(O)c(O)c(Br)c(O)c2O)=C(N)c2ccc(F)cc2)cc1. The number of primary amides is 1. The number of halogens is 2. The van der Waals surface area contributed by atoms with Crippen molar-refractivity contribution >= 4 is 51.2 Å². The van der Waals surface area contributed by atoms with E-state index in [0.29, 0.717) is 17.7 Å². The Morgan fingerprint density at radius 1 is 1.05 bits per heavy atom. The van der Waals surface area contributed by atoms with Crippen LogP contribution in [-0.2, 0) is 16.0 Å². The molecule has 9 N–H and O–H groups in total. The van der Waals surface area contributed by atoms with E-state index < -0.39 is 46.8 Å². The Labute approximate surface area is 241 Å². The third-order valence-electron chi connectivity index (χ3n) is 6.21. The van der Waals surface area contributed by atoms with E-state index in [9.17, 15) is 34.4 Å². The standard InChI is InChI=1S/C27H25BrFN5O7/c28-19-22(36)24(38)21(25(39)23(19)37)32-11-17(20(30)14-3-5-15(29)6-4-14)26-34(18(35)12-41-26)10-9-13-1-7-16(8-2-13)33-27(31)40/h1-8,11,26,36-39H,9-10,12,30H2,(H3,31,33,40). The summed E-state index contributed by atoms with van der Waals surface area (Å²) in [5.41, 5.74) is 12.9. The van der Waals surface area contributed by atoms with Crippen LogP contribution < -0.4 is 16.8 Å². The Morgan fingerprint density at radius 2 is 1.66 bits per heavy atom. The topological polar surface area (TPSA) is 204 Å². The van der Waals surface area contributed by atoms with Gasteiger partial charge >= 0.3 is 6.03 Å². The van der Waals surface area contributed by atoms with E-state index in [0.717, 1.165) is 11.8 Å². The zero-order valence-corrected chi connectivity index (χ0v) is 22.8. The Hall–Kier alpha value is -4.82. The maximum Gasteiger partial charge on any atom is 0.316 e. The number of phenols is 4. The van der Waals surface area contributed by atoms with Crippen molar-refractivity contribution < 1.29 is 39.1 Å². The van der Waals surface area contributed by atoms with Crippen LogP contribution in [0.15, 0.2) is 63.6 Å². The molecule has 1 aliphatic heterocycles. The number of aromatic hydroxyl groups is 4. The van der Waals surface area contributed by atoms with E-state index in [1.807, 2.05) is 0 Å². The van der Waals surface area contributed by atoms with Crippen LogP contribution in [0.25, 0.3) is 5.70 Å². The zero-order chi connectivity index (χ0) is 29.8. The van der Waals surface area contributed by atoms with Gasteiger partial charge in [0.15, 0.2) is 34.9 Å². The fourth-order valence-electron chi connectivity index (χ4n) is 4.08. The van der Waals surface area contributed by atoms with Crippen molar-refractivity contribution in [1.29, 1.82) is 0 Å². The number of nitrogens with two attached hydrogens (primary N) is 2. The second kappa shape index (κ2) is 12.1. The molecule has 0 saturated carbocycles. The molecule has 3 amide bonds. The van der Waals surface area contributed by atoms with Crippen LogP contribution >= 0.6 is 15.9 Å². The van der Waals surface area contributed by atoms with Gasteiger partial charge in [-0.15, -0.1) is 0 Å². The third-order valence-corrected chi connectivity index (χ3v) is 6.96. The molecule has 0 radical (unpaired) electrons. The number of benzene rings is 3. The average molecular weight is 630 g/mol. The van der Waals surface area contributed by atoms with Gasteiger partial charge in [-0.2, -0.15) is 0 Å². The molecule has 3 aromatic carbocycles. The van der Waals surface area contributed by atoms with E-state index in [2.05, 4.69) is 26.2 Å². The largest absolute Gasteiger partial charge is 0.503 e. The highest BCUT2D eigenvalue weighted by molar-refractivity contribution is 9.10. The molecule has 14 heteroatoms. The number of nitrogens with zero attached hydrogens (tertiary/aromatic N) is 2. The van der Waals surface area contributed by atoms with E-state index in [-0.39, 0.29) is 34.8 Å². The van der Waals surface area contributed by atoms with Gasteiger partial charge < -0.3 is 46.8 Å². The van der Waals surface area contributed by atoms with Crippen molar-refractivity contribution in [2.45, 2.75) is 12.6 Å². The minimum Gasteiger partial charge on any atom is -0.503 e. The number of ether oxygens (including phenoxy) is 1. The van der Waals surface area contributed by atoms with Crippen molar-refractivity contribution in [2.24, 2.45) is 16.5 Å². The molecule has 0 aromatic heterocycles. The summed E-state index contributed by atoms with van der Waals surface area (Å²) in [4.78, 5) is 29.3. The van der Waals surface area contributed by atoms with Gasteiger partial charge in [-0.1, -0.05) is 12.1 Å². The highest BCUT2D eigenvalue weighted by Gasteiger charge is 2.35. The van der Waals surface area contributed by atoms with Crippen molar-refractivity contribution in [3.05, 3.63) is 75.5 Å². The Bertz CT molecular complexity index is 1520. The number of phenolic OH excluding ortho intramolecular Hbond substituents is 4. The van der Waals surface area contributed by atoms with Crippen LogP contribution in [0.1, 0.15) is 11.1 Å². The van der Waals surface area contributed by atoms with Crippen molar-refractivity contribution in [3.8, 4) is 23.0 Å². The number of aliphatic imine (C=N–C) groups is 1. The molecule has 3 aromatic rings. The molecule has 41 heavy (non-hydrogen) atoms. The second-order valence-electron chi connectivity index (χ2n) is 8.88. The zero-order valence-electron chi connectivity index (χ0n) is 21.2. The lowest BCUT2D eigenvalue weighted by Crippen LogP contribution is -2.38. The molecule has 12 nitrogen and oxygen atoms in total. The quantitative estimate of drug-likeness (QED) is 0.111. The molecule has 4 rings (SSSR count). The minimum absolute atomic E-state index is 0.0462. The maximum absolute atomic E-state index is 13.6. The predicted molar refractivity (Wildman–Crippen MR) is 151 cm³/mol. The number of urea groups is 1. The van der Waals surface area contributed by atoms with Crippen LogP contribution in [-0.4, -0.2) is 62.9 Å². The molecule has 1 saturated heterocycles. The van der Waals surface area contributed by atoms with Gasteiger partial charge in [0.05, 0.1) is 0 Å². The fraction of sp³-hybridized carbons (Fsp3) is 0.148. The maximum atomic E-state index is 13.6. The molecule has 0 bridgehead atoms. The summed E-state index contributed by atoms with van der Waals surface area (Å²) in [5.74, 6) is -4.07. The van der Waals surface area contributed by atoms with Gasteiger partial charge in [0.2, 0.25) is 0 Å². The summed E-state index contributed by atoms with van der Waals surface area (Å²) >= 11 is 2.85. The number of anilines is 1.